The lowest BCUT2D eigenvalue weighted by Gasteiger charge is -2.26. The Bertz CT molecular complexity index is 1800. The molecule has 0 radical (unpaired) electrons. The molecule has 4 aromatic rings. The number of halogens is 1. The summed E-state index contributed by atoms with van der Waals surface area (Å²) in [5.74, 6) is 0.694. The van der Waals surface area contributed by atoms with E-state index in [4.69, 9.17) is 17.8 Å². The number of fused-ring (bicyclic) bond motifs is 1. The fraction of sp³-hybridized carbons (Fsp3) is 0.276. The Morgan fingerprint density at radius 1 is 0.837 bits per heavy atom. The van der Waals surface area contributed by atoms with Crippen LogP contribution in [0, 0.1) is 0 Å². The molecule has 1 aliphatic heterocycles. The molecule has 2 heterocycles. The van der Waals surface area contributed by atoms with Gasteiger partial charge in [0.15, 0.2) is 5.78 Å². The zero-order valence-electron chi connectivity index (χ0n) is 23.3. The molecule has 0 saturated carbocycles. The van der Waals surface area contributed by atoms with Gasteiger partial charge in [0, 0.05) is 45.7 Å². The normalized spacial score (nSPS) is 14.2. The second kappa shape index (κ2) is 13.6. The largest absolute Gasteiger partial charge is 0.492 e. The molecule has 230 valence electrons. The summed E-state index contributed by atoms with van der Waals surface area (Å²) >= 11 is 1.29. The van der Waals surface area contributed by atoms with E-state index in [1.807, 2.05) is 0 Å². The fourth-order valence-electron chi connectivity index (χ4n) is 4.53. The topological polar surface area (TPSA) is 126 Å². The first kappa shape index (κ1) is 32.7. The molecule has 14 heteroatoms. The van der Waals surface area contributed by atoms with E-state index in [1.54, 1.807) is 48.5 Å². The summed E-state index contributed by atoms with van der Waals surface area (Å²) in [5, 5.41) is 0.628. The maximum absolute atomic E-state index is 13.9. The number of hydrogen-bond donors (Lipinski definition) is 0. The van der Waals surface area contributed by atoms with E-state index in [-0.39, 0.29) is 29.7 Å². The van der Waals surface area contributed by atoms with Gasteiger partial charge in [0.2, 0.25) is 0 Å². The van der Waals surface area contributed by atoms with Gasteiger partial charge in [-0.1, -0.05) is 0 Å². The van der Waals surface area contributed by atoms with E-state index in [9.17, 15) is 21.6 Å². The molecule has 1 aliphatic rings. The SMILES string of the molecule is CS(=O)(=O)Oc1ccc(-c2sc3cc(OS(C)(=O)=O)ccc3c2C(=O)c2ccc(OCCN3CCOCC3)cc2)cc1.Cl. The third kappa shape index (κ3) is 8.68. The zero-order chi connectivity index (χ0) is 29.9. The van der Waals surface area contributed by atoms with Gasteiger partial charge in [0.1, 0.15) is 23.9 Å². The molecule has 1 aromatic heterocycles. The number of benzene rings is 3. The van der Waals surface area contributed by atoms with Gasteiger partial charge in [0.05, 0.1) is 25.7 Å². The Morgan fingerprint density at radius 2 is 1.42 bits per heavy atom. The maximum Gasteiger partial charge on any atom is 0.306 e. The molecule has 43 heavy (non-hydrogen) atoms. The summed E-state index contributed by atoms with van der Waals surface area (Å²) in [6.07, 6.45) is 1.92. The molecule has 0 spiro atoms. The van der Waals surface area contributed by atoms with Crippen molar-refractivity contribution in [1.82, 2.24) is 4.90 Å². The second-order valence-corrected chi connectivity index (χ2v) is 13.9. The summed E-state index contributed by atoms with van der Waals surface area (Å²) < 4.78 is 68.3. The van der Waals surface area contributed by atoms with Crippen LogP contribution >= 0.6 is 23.7 Å². The molecule has 1 fully saturated rings. The van der Waals surface area contributed by atoms with Crippen molar-refractivity contribution in [3.8, 4) is 27.7 Å². The van der Waals surface area contributed by atoms with Gasteiger partial charge in [0.25, 0.3) is 0 Å². The predicted molar refractivity (Wildman–Crippen MR) is 168 cm³/mol. The lowest BCUT2D eigenvalue weighted by Crippen LogP contribution is -2.38. The second-order valence-electron chi connectivity index (χ2n) is 9.72. The number of nitrogens with zero attached hydrogens (tertiary/aromatic N) is 1. The monoisotopic (exact) mass is 667 g/mol. The fourth-order valence-corrected chi connectivity index (χ4v) is 6.68. The summed E-state index contributed by atoms with van der Waals surface area (Å²) in [4.78, 5) is 16.8. The number of ketones is 1. The Hall–Kier alpha value is -3.20. The summed E-state index contributed by atoms with van der Waals surface area (Å²) in [5.41, 5.74) is 1.54. The molecule has 1 saturated heterocycles. The summed E-state index contributed by atoms with van der Waals surface area (Å²) in [6, 6.07) is 18.0. The summed E-state index contributed by atoms with van der Waals surface area (Å²) in [6.45, 7) is 4.50. The summed E-state index contributed by atoms with van der Waals surface area (Å²) in [7, 11) is -7.44. The number of rotatable bonds is 11. The molecule has 0 aliphatic carbocycles. The first-order valence-electron chi connectivity index (χ1n) is 13.0. The van der Waals surface area contributed by atoms with Crippen molar-refractivity contribution in [2.24, 2.45) is 0 Å². The number of carbonyl (C=O) groups excluding carboxylic acids is 1. The lowest BCUT2D eigenvalue weighted by atomic mass is 9.97. The van der Waals surface area contributed by atoms with Gasteiger partial charge >= 0.3 is 20.2 Å². The highest BCUT2D eigenvalue weighted by Crippen LogP contribution is 2.42. The van der Waals surface area contributed by atoms with Crippen molar-refractivity contribution in [2.45, 2.75) is 0 Å². The zero-order valence-corrected chi connectivity index (χ0v) is 26.6. The van der Waals surface area contributed by atoms with Crippen LogP contribution in [0.1, 0.15) is 15.9 Å². The Labute approximate surface area is 260 Å². The quantitative estimate of drug-likeness (QED) is 0.165. The molecule has 0 atom stereocenters. The van der Waals surface area contributed by atoms with Crippen LogP contribution in [0.3, 0.4) is 0 Å². The molecule has 5 rings (SSSR count). The molecular weight excluding hydrogens is 638 g/mol. The molecule has 3 aromatic carbocycles. The van der Waals surface area contributed by atoms with Crippen molar-refractivity contribution >= 4 is 59.8 Å². The van der Waals surface area contributed by atoms with E-state index < -0.39 is 20.2 Å². The van der Waals surface area contributed by atoms with Crippen LogP contribution in [-0.4, -0.2) is 79.5 Å². The molecular formula is C29H30ClNO9S3. The van der Waals surface area contributed by atoms with E-state index in [1.165, 1.54) is 29.5 Å². The minimum Gasteiger partial charge on any atom is -0.492 e. The van der Waals surface area contributed by atoms with Gasteiger partial charge < -0.3 is 17.8 Å². The van der Waals surface area contributed by atoms with Crippen molar-refractivity contribution in [3.63, 3.8) is 0 Å². The lowest BCUT2D eigenvalue weighted by molar-refractivity contribution is 0.0322. The van der Waals surface area contributed by atoms with Crippen LogP contribution in [0.15, 0.2) is 66.7 Å². The van der Waals surface area contributed by atoms with Crippen molar-refractivity contribution in [3.05, 3.63) is 77.9 Å². The van der Waals surface area contributed by atoms with Crippen LogP contribution < -0.4 is 13.1 Å². The number of carbonyl (C=O) groups is 1. The van der Waals surface area contributed by atoms with E-state index in [0.29, 0.717) is 44.0 Å². The predicted octanol–water partition coefficient (Wildman–Crippen LogP) is 4.61. The highest BCUT2D eigenvalue weighted by molar-refractivity contribution is 7.86. The van der Waals surface area contributed by atoms with E-state index in [0.717, 1.165) is 45.4 Å². The van der Waals surface area contributed by atoms with Gasteiger partial charge in [-0.3, -0.25) is 9.69 Å². The van der Waals surface area contributed by atoms with Crippen LogP contribution in [0.5, 0.6) is 17.2 Å². The van der Waals surface area contributed by atoms with Crippen LogP contribution in [0.4, 0.5) is 0 Å². The van der Waals surface area contributed by atoms with Crippen molar-refractivity contribution in [1.29, 1.82) is 0 Å². The van der Waals surface area contributed by atoms with Crippen LogP contribution in [-0.2, 0) is 25.0 Å². The Morgan fingerprint density at radius 3 is 2.05 bits per heavy atom. The smallest absolute Gasteiger partial charge is 0.306 e. The molecule has 0 bridgehead atoms. The van der Waals surface area contributed by atoms with Gasteiger partial charge in [-0.2, -0.15) is 16.8 Å². The first-order chi connectivity index (χ1) is 19.9. The van der Waals surface area contributed by atoms with Gasteiger partial charge in [-0.15, -0.1) is 23.7 Å². The standard InChI is InChI=1S/C29H29NO9S3.ClH/c1-41(32,33)38-23-9-5-21(6-10-23)29-27(25-12-11-24(19-26(25)40-29)39-42(2,34)35)28(31)20-3-7-22(8-4-20)37-18-15-30-13-16-36-17-14-30;/h3-12,19H,13-18H2,1-2H3;1H. The molecule has 0 amide bonds. The molecule has 0 N–H and O–H groups in total. The number of thiophene rings is 1. The minimum atomic E-state index is -3.74. The number of hydrogen-bond acceptors (Lipinski definition) is 11. The Kier molecular flexibility index (Phi) is 10.4. The average Bonchev–Trinajstić information content (AvgIpc) is 3.31. The third-order valence-corrected chi connectivity index (χ3v) is 8.59. The minimum absolute atomic E-state index is 0. The van der Waals surface area contributed by atoms with E-state index in [2.05, 4.69) is 4.90 Å². The third-order valence-electron chi connectivity index (χ3n) is 6.40. The number of morpholine rings is 1. The molecule has 0 unspecified atom stereocenters. The van der Waals surface area contributed by atoms with Crippen LogP contribution in [0.25, 0.3) is 20.5 Å². The van der Waals surface area contributed by atoms with E-state index >= 15 is 0 Å². The maximum atomic E-state index is 13.9. The van der Waals surface area contributed by atoms with Crippen molar-refractivity contribution in [2.75, 3.05) is 52.0 Å². The number of ether oxygens (including phenoxy) is 2. The van der Waals surface area contributed by atoms with Crippen molar-refractivity contribution < 1.29 is 39.5 Å². The first-order valence-corrected chi connectivity index (χ1v) is 17.4. The molecule has 10 nitrogen and oxygen atoms in total. The average molecular weight is 668 g/mol. The van der Waals surface area contributed by atoms with Gasteiger partial charge in [-0.05, 0) is 72.3 Å². The van der Waals surface area contributed by atoms with Crippen LogP contribution in [0.2, 0.25) is 0 Å². The highest BCUT2D eigenvalue weighted by atomic mass is 35.5. The van der Waals surface area contributed by atoms with Gasteiger partial charge in [-0.25, -0.2) is 0 Å². The Balaban J connectivity index is 0.00000423. The highest BCUT2D eigenvalue weighted by Gasteiger charge is 2.23.